The molecular formula is C19H14N2O5S. The van der Waals surface area contributed by atoms with E-state index in [-0.39, 0.29) is 12.1 Å². The Morgan fingerprint density at radius 2 is 1.63 bits per heavy atom. The summed E-state index contributed by atoms with van der Waals surface area (Å²) in [5.74, 6) is -1.10. The lowest BCUT2D eigenvalue weighted by molar-refractivity contribution is 0.0598. The van der Waals surface area contributed by atoms with Gasteiger partial charge in [0.25, 0.3) is 21.9 Å². The monoisotopic (exact) mass is 382 g/mol. The number of imide groups is 1. The molecule has 0 radical (unpaired) electrons. The molecule has 1 aliphatic heterocycles. The third kappa shape index (κ3) is 2.84. The van der Waals surface area contributed by atoms with Crippen molar-refractivity contribution in [3.8, 4) is 0 Å². The summed E-state index contributed by atoms with van der Waals surface area (Å²) >= 11 is 0. The molecule has 0 saturated heterocycles. The van der Waals surface area contributed by atoms with Crippen LogP contribution in [0.2, 0.25) is 0 Å². The lowest BCUT2D eigenvalue weighted by Gasteiger charge is -2.27. The third-order valence-corrected chi connectivity index (χ3v) is 5.32. The molecule has 1 heterocycles. The smallest absolute Gasteiger partial charge is 0.294 e. The van der Waals surface area contributed by atoms with Crippen molar-refractivity contribution in [1.82, 2.24) is 4.90 Å². The second-order valence-corrected chi connectivity index (χ2v) is 7.71. The van der Waals surface area contributed by atoms with Crippen molar-refractivity contribution < 1.29 is 22.6 Å². The van der Waals surface area contributed by atoms with Gasteiger partial charge < -0.3 is 5.73 Å². The van der Waals surface area contributed by atoms with E-state index in [4.69, 9.17) is 5.73 Å². The van der Waals surface area contributed by atoms with Crippen molar-refractivity contribution in [3.05, 3.63) is 71.3 Å². The minimum Gasteiger partial charge on any atom is -0.399 e. The van der Waals surface area contributed by atoms with Crippen LogP contribution >= 0.6 is 0 Å². The lowest BCUT2D eigenvalue weighted by Crippen LogP contribution is -2.39. The molecule has 8 heteroatoms. The minimum atomic E-state index is -4.51. The van der Waals surface area contributed by atoms with Crippen LogP contribution in [-0.4, -0.2) is 29.7 Å². The Labute approximate surface area is 154 Å². The second-order valence-electron chi connectivity index (χ2n) is 6.29. The van der Waals surface area contributed by atoms with Gasteiger partial charge in [0.2, 0.25) is 0 Å². The Kier molecular flexibility index (Phi) is 3.76. The van der Waals surface area contributed by atoms with Crippen LogP contribution in [0.5, 0.6) is 0 Å². The van der Waals surface area contributed by atoms with Gasteiger partial charge in [-0.15, -0.1) is 0 Å². The van der Waals surface area contributed by atoms with Crippen LogP contribution in [0.15, 0.2) is 59.5 Å². The molecule has 2 amide bonds. The number of anilines is 1. The molecule has 3 aromatic carbocycles. The average molecular weight is 382 g/mol. The van der Waals surface area contributed by atoms with Crippen molar-refractivity contribution in [1.29, 1.82) is 0 Å². The van der Waals surface area contributed by atoms with Gasteiger partial charge in [0, 0.05) is 16.6 Å². The summed E-state index contributed by atoms with van der Waals surface area (Å²) < 4.78 is 32.5. The van der Waals surface area contributed by atoms with Gasteiger partial charge in [0.05, 0.1) is 17.0 Å². The zero-order valence-electron chi connectivity index (χ0n) is 13.9. The normalized spacial score (nSPS) is 14.0. The summed E-state index contributed by atoms with van der Waals surface area (Å²) in [6, 6.07) is 13.9. The topological polar surface area (TPSA) is 118 Å². The van der Waals surface area contributed by atoms with Crippen molar-refractivity contribution in [2.75, 3.05) is 5.73 Å². The largest absolute Gasteiger partial charge is 0.399 e. The molecule has 136 valence electrons. The predicted molar refractivity (Wildman–Crippen MR) is 98.8 cm³/mol. The zero-order valence-corrected chi connectivity index (χ0v) is 14.7. The number of benzene rings is 3. The van der Waals surface area contributed by atoms with Gasteiger partial charge in [-0.1, -0.05) is 24.3 Å². The van der Waals surface area contributed by atoms with E-state index in [9.17, 15) is 22.6 Å². The van der Waals surface area contributed by atoms with Crippen LogP contribution in [0, 0.1) is 0 Å². The SMILES string of the molecule is Nc1cccc(CN2C(=O)c3cccc4cc(S(=O)(=O)O)cc(c34)C2=O)c1. The molecule has 3 N–H and O–H groups in total. The Hall–Kier alpha value is -3.23. The molecule has 0 saturated carbocycles. The van der Waals surface area contributed by atoms with Crippen LogP contribution in [-0.2, 0) is 16.7 Å². The van der Waals surface area contributed by atoms with E-state index < -0.39 is 26.8 Å². The number of nitrogens with zero attached hydrogens (tertiary/aromatic N) is 1. The number of nitrogen functional groups attached to an aromatic ring is 1. The molecule has 0 aliphatic carbocycles. The summed E-state index contributed by atoms with van der Waals surface area (Å²) in [5, 5.41) is 0.770. The Bertz CT molecular complexity index is 1230. The summed E-state index contributed by atoms with van der Waals surface area (Å²) in [6.45, 7) is -0.00532. The van der Waals surface area contributed by atoms with Gasteiger partial charge in [-0.25, -0.2) is 0 Å². The number of carbonyl (C=O) groups excluding carboxylic acids is 2. The van der Waals surface area contributed by atoms with Gasteiger partial charge in [0.1, 0.15) is 0 Å². The highest BCUT2D eigenvalue weighted by Crippen LogP contribution is 2.33. The quantitative estimate of drug-likeness (QED) is 0.408. The van der Waals surface area contributed by atoms with E-state index in [0.29, 0.717) is 27.6 Å². The molecule has 0 spiro atoms. The number of amides is 2. The first-order valence-electron chi connectivity index (χ1n) is 8.00. The fraction of sp³-hybridized carbons (Fsp3) is 0.0526. The summed E-state index contributed by atoms with van der Waals surface area (Å²) in [7, 11) is -4.51. The van der Waals surface area contributed by atoms with Crippen LogP contribution in [0.25, 0.3) is 10.8 Å². The van der Waals surface area contributed by atoms with E-state index in [1.54, 1.807) is 42.5 Å². The van der Waals surface area contributed by atoms with Gasteiger partial charge in [-0.2, -0.15) is 8.42 Å². The van der Waals surface area contributed by atoms with Crippen LogP contribution in [0.1, 0.15) is 26.3 Å². The molecule has 0 aromatic heterocycles. The molecule has 3 aromatic rings. The number of hydrogen-bond acceptors (Lipinski definition) is 5. The minimum absolute atomic E-state index is 0.00532. The first-order chi connectivity index (χ1) is 12.8. The van der Waals surface area contributed by atoms with Crippen molar-refractivity contribution in [2.24, 2.45) is 0 Å². The third-order valence-electron chi connectivity index (χ3n) is 4.49. The standard InChI is InChI=1S/C19H14N2O5S/c20-13-5-1-3-11(7-13)10-21-18(22)15-6-2-4-12-8-14(27(24,25)26)9-16(17(12)15)19(21)23/h1-9H,10,20H2,(H,24,25,26). The molecule has 0 atom stereocenters. The molecule has 1 aliphatic rings. The zero-order chi connectivity index (χ0) is 19.3. The number of carbonyl (C=O) groups is 2. The first-order valence-corrected chi connectivity index (χ1v) is 9.44. The van der Waals surface area contributed by atoms with Crippen LogP contribution in [0.4, 0.5) is 5.69 Å². The number of nitrogens with two attached hydrogens (primary N) is 1. The van der Waals surface area contributed by atoms with E-state index >= 15 is 0 Å². The first kappa shape index (κ1) is 17.2. The van der Waals surface area contributed by atoms with Gasteiger partial charge in [-0.3, -0.25) is 19.0 Å². The summed E-state index contributed by atoms with van der Waals surface area (Å²) in [4.78, 5) is 26.5. The molecule has 0 unspecified atom stereocenters. The lowest BCUT2D eigenvalue weighted by atomic mass is 9.94. The predicted octanol–water partition coefficient (Wildman–Crippen LogP) is 2.46. The maximum absolute atomic E-state index is 13.0. The second kappa shape index (κ2) is 5.90. The van der Waals surface area contributed by atoms with Gasteiger partial charge in [0.15, 0.2) is 0 Å². The molecule has 27 heavy (non-hydrogen) atoms. The fourth-order valence-electron chi connectivity index (χ4n) is 3.30. The molecule has 0 bridgehead atoms. The molecule has 0 fully saturated rings. The number of rotatable bonds is 3. The summed E-state index contributed by atoms with van der Waals surface area (Å²) in [6.07, 6.45) is 0. The molecular weight excluding hydrogens is 368 g/mol. The van der Waals surface area contributed by atoms with Crippen LogP contribution in [0.3, 0.4) is 0 Å². The highest BCUT2D eigenvalue weighted by molar-refractivity contribution is 7.85. The van der Waals surface area contributed by atoms with E-state index in [2.05, 4.69) is 0 Å². The van der Waals surface area contributed by atoms with Crippen molar-refractivity contribution in [2.45, 2.75) is 11.4 Å². The Morgan fingerprint density at radius 1 is 0.926 bits per heavy atom. The van der Waals surface area contributed by atoms with Crippen molar-refractivity contribution >= 4 is 38.4 Å². The highest BCUT2D eigenvalue weighted by Gasteiger charge is 2.34. The van der Waals surface area contributed by atoms with Crippen LogP contribution < -0.4 is 5.73 Å². The maximum Gasteiger partial charge on any atom is 0.294 e. The highest BCUT2D eigenvalue weighted by atomic mass is 32.2. The fourth-order valence-corrected chi connectivity index (χ4v) is 3.84. The van der Waals surface area contributed by atoms with Gasteiger partial charge >= 0.3 is 0 Å². The molecule has 4 rings (SSSR count). The summed E-state index contributed by atoms with van der Waals surface area (Å²) in [5.41, 5.74) is 7.28. The Balaban J connectivity index is 1.90. The van der Waals surface area contributed by atoms with Crippen molar-refractivity contribution in [3.63, 3.8) is 0 Å². The van der Waals surface area contributed by atoms with E-state index in [0.717, 1.165) is 11.0 Å². The average Bonchev–Trinajstić information content (AvgIpc) is 2.62. The van der Waals surface area contributed by atoms with Gasteiger partial charge in [-0.05, 0) is 41.3 Å². The Morgan fingerprint density at radius 3 is 2.33 bits per heavy atom. The van der Waals surface area contributed by atoms with E-state index in [1.165, 1.54) is 6.07 Å². The maximum atomic E-state index is 13.0. The van der Waals surface area contributed by atoms with E-state index in [1.807, 2.05) is 0 Å². The molecule has 7 nitrogen and oxygen atoms in total. The number of hydrogen-bond donors (Lipinski definition) is 2.